The molecule has 0 spiro atoms. The van der Waals surface area contributed by atoms with Crippen molar-refractivity contribution >= 4 is 27.4 Å². The minimum Gasteiger partial charge on any atom is -0.477 e. The molecule has 0 saturated heterocycles. The molecule has 0 radical (unpaired) electrons. The first kappa shape index (κ1) is 15.9. The molecule has 0 aliphatic rings. The summed E-state index contributed by atoms with van der Waals surface area (Å²) in [5, 5.41) is 19.2. The fraction of sp³-hybridized carbons (Fsp3) is 0.438. The van der Waals surface area contributed by atoms with Crippen LogP contribution in [0.5, 0.6) is 0 Å². The third-order valence-corrected chi connectivity index (χ3v) is 4.72. The minimum atomic E-state index is -0.847. The molecular weight excluding hydrogens is 286 g/mol. The van der Waals surface area contributed by atoms with Crippen LogP contribution >= 0.6 is 11.3 Å². The van der Waals surface area contributed by atoms with Gasteiger partial charge in [0.2, 0.25) is 0 Å². The molecule has 0 aliphatic heterocycles. The zero-order valence-electron chi connectivity index (χ0n) is 12.2. The topological polar surface area (TPSA) is 60.8 Å². The Balaban J connectivity index is 2.12. The van der Waals surface area contributed by atoms with Gasteiger partial charge in [-0.25, -0.2) is 4.79 Å². The van der Waals surface area contributed by atoms with Gasteiger partial charge in [-0.15, -0.1) is 11.3 Å². The van der Waals surface area contributed by atoms with Crippen molar-refractivity contribution in [2.24, 2.45) is 0 Å². The monoisotopic (exact) mass is 307 g/mol. The highest BCUT2D eigenvalue weighted by Crippen LogP contribution is 2.32. The van der Waals surface area contributed by atoms with Gasteiger partial charge in [0.1, 0.15) is 4.88 Å². The first-order valence-corrected chi connectivity index (χ1v) is 7.98. The molecule has 0 bridgehead atoms. The van der Waals surface area contributed by atoms with Crippen LogP contribution in [-0.2, 0) is 6.54 Å². The predicted octanol–water partition coefficient (Wildman–Crippen LogP) is 3.19. The number of hydrogen-bond donors (Lipinski definition) is 2. The molecular formula is C16H21NO3S. The van der Waals surface area contributed by atoms with E-state index in [9.17, 15) is 9.90 Å². The second-order valence-electron chi connectivity index (χ2n) is 5.23. The van der Waals surface area contributed by atoms with E-state index >= 15 is 0 Å². The van der Waals surface area contributed by atoms with Crippen LogP contribution < -0.4 is 0 Å². The van der Waals surface area contributed by atoms with E-state index in [0.717, 1.165) is 41.5 Å². The zero-order chi connectivity index (χ0) is 15.2. The van der Waals surface area contributed by atoms with Crippen LogP contribution in [0.4, 0.5) is 0 Å². The number of nitrogens with zero attached hydrogens (tertiary/aromatic N) is 1. The SMILES string of the molecule is CN(CCCCCO)Cc1c(C(=O)O)sc2ccccc12. The lowest BCUT2D eigenvalue weighted by atomic mass is 10.1. The fourth-order valence-corrected chi connectivity index (χ4v) is 3.50. The first-order valence-electron chi connectivity index (χ1n) is 7.16. The molecule has 1 heterocycles. The summed E-state index contributed by atoms with van der Waals surface area (Å²) in [6, 6.07) is 7.85. The maximum Gasteiger partial charge on any atom is 0.346 e. The zero-order valence-corrected chi connectivity index (χ0v) is 13.0. The Morgan fingerprint density at radius 2 is 2.00 bits per heavy atom. The quantitative estimate of drug-likeness (QED) is 0.735. The normalized spacial score (nSPS) is 11.4. The van der Waals surface area contributed by atoms with E-state index in [4.69, 9.17) is 5.11 Å². The molecule has 1 aromatic carbocycles. The van der Waals surface area contributed by atoms with Gasteiger partial charge in [0.05, 0.1) is 0 Å². The Bertz CT molecular complexity index is 609. The van der Waals surface area contributed by atoms with Crippen molar-refractivity contribution in [1.82, 2.24) is 4.90 Å². The summed E-state index contributed by atoms with van der Waals surface area (Å²) in [6.07, 6.45) is 2.84. The summed E-state index contributed by atoms with van der Waals surface area (Å²) in [6.45, 7) is 1.79. The molecule has 114 valence electrons. The van der Waals surface area contributed by atoms with Crippen LogP contribution in [-0.4, -0.2) is 41.3 Å². The summed E-state index contributed by atoms with van der Waals surface area (Å²) in [5.74, 6) is -0.847. The molecule has 0 atom stereocenters. The Morgan fingerprint density at radius 3 is 2.71 bits per heavy atom. The largest absolute Gasteiger partial charge is 0.477 e. The minimum absolute atomic E-state index is 0.238. The van der Waals surface area contributed by atoms with Gasteiger partial charge in [-0.3, -0.25) is 0 Å². The van der Waals surface area contributed by atoms with Gasteiger partial charge < -0.3 is 15.1 Å². The van der Waals surface area contributed by atoms with Gasteiger partial charge in [-0.2, -0.15) is 0 Å². The van der Waals surface area contributed by atoms with Crippen LogP contribution in [0.3, 0.4) is 0 Å². The maximum atomic E-state index is 11.4. The number of aliphatic hydroxyl groups is 1. The van der Waals surface area contributed by atoms with Crippen LogP contribution in [0.15, 0.2) is 24.3 Å². The number of thiophene rings is 1. The number of fused-ring (bicyclic) bond motifs is 1. The highest BCUT2D eigenvalue weighted by atomic mass is 32.1. The van der Waals surface area contributed by atoms with Crippen molar-refractivity contribution in [2.75, 3.05) is 20.2 Å². The highest BCUT2D eigenvalue weighted by Gasteiger charge is 2.18. The smallest absolute Gasteiger partial charge is 0.346 e. The standard InChI is InChI=1S/C16H21NO3S/c1-17(9-5-2-6-10-18)11-13-12-7-3-4-8-14(12)21-15(13)16(19)20/h3-4,7-8,18H,2,5-6,9-11H2,1H3,(H,19,20). The number of benzene rings is 1. The number of hydrogen-bond acceptors (Lipinski definition) is 4. The molecule has 0 unspecified atom stereocenters. The summed E-state index contributed by atoms with van der Waals surface area (Å²) < 4.78 is 1.03. The third kappa shape index (κ3) is 4.03. The summed E-state index contributed by atoms with van der Waals surface area (Å²) in [7, 11) is 2.01. The Hall–Kier alpha value is -1.43. The van der Waals surface area contributed by atoms with E-state index in [1.165, 1.54) is 11.3 Å². The molecule has 0 saturated carbocycles. The van der Waals surface area contributed by atoms with Crippen molar-refractivity contribution in [2.45, 2.75) is 25.8 Å². The maximum absolute atomic E-state index is 11.4. The second-order valence-corrected chi connectivity index (χ2v) is 6.29. The molecule has 0 aliphatic carbocycles. The number of rotatable bonds is 8. The van der Waals surface area contributed by atoms with Crippen LogP contribution in [0.1, 0.15) is 34.5 Å². The van der Waals surface area contributed by atoms with Crippen molar-refractivity contribution in [3.05, 3.63) is 34.7 Å². The van der Waals surface area contributed by atoms with Crippen LogP contribution in [0, 0.1) is 0 Å². The Morgan fingerprint density at radius 1 is 1.24 bits per heavy atom. The lowest BCUT2D eigenvalue weighted by molar-refractivity contribution is 0.0700. The molecule has 1 aromatic heterocycles. The number of carboxylic acids is 1. The molecule has 2 rings (SSSR count). The van der Waals surface area contributed by atoms with Gasteiger partial charge >= 0.3 is 5.97 Å². The van der Waals surface area contributed by atoms with E-state index in [0.29, 0.717) is 11.4 Å². The van der Waals surface area contributed by atoms with Crippen LogP contribution in [0.25, 0.3) is 10.1 Å². The average molecular weight is 307 g/mol. The summed E-state index contributed by atoms with van der Waals surface area (Å²) in [4.78, 5) is 14.0. The fourth-order valence-electron chi connectivity index (χ4n) is 2.45. The first-order chi connectivity index (χ1) is 10.1. The van der Waals surface area contributed by atoms with Gasteiger partial charge in [0, 0.05) is 17.9 Å². The summed E-state index contributed by atoms with van der Waals surface area (Å²) in [5.41, 5.74) is 0.910. The second kappa shape index (κ2) is 7.54. The lowest BCUT2D eigenvalue weighted by Crippen LogP contribution is -2.20. The van der Waals surface area contributed by atoms with E-state index in [-0.39, 0.29) is 6.61 Å². The molecule has 0 fully saturated rings. The van der Waals surface area contributed by atoms with Gasteiger partial charge in [-0.05, 0) is 49.9 Å². The van der Waals surface area contributed by atoms with E-state index in [2.05, 4.69) is 4.90 Å². The average Bonchev–Trinajstić information content (AvgIpc) is 2.83. The molecule has 0 amide bonds. The van der Waals surface area contributed by atoms with E-state index < -0.39 is 5.97 Å². The number of unbranched alkanes of at least 4 members (excludes halogenated alkanes) is 2. The lowest BCUT2D eigenvalue weighted by Gasteiger charge is -2.16. The van der Waals surface area contributed by atoms with Gasteiger partial charge in [-0.1, -0.05) is 18.2 Å². The summed E-state index contributed by atoms with van der Waals surface area (Å²) >= 11 is 1.35. The molecule has 5 heteroatoms. The van der Waals surface area contributed by atoms with Crippen molar-refractivity contribution in [3.63, 3.8) is 0 Å². The van der Waals surface area contributed by atoms with E-state index in [1.807, 2.05) is 31.3 Å². The van der Waals surface area contributed by atoms with E-state index in [1.54, 1.807) is 0 Å². The Kier molecular flexibility index (Phi) is 5.73. The molecule has 4 nitrogen and oxygen atoms in total. The van der Waals surface area contributed by atoms with Crippen molar-refractivity contribution in [1.29, 1.82) is 0 Å². The predicted molar refractivity (Wildman–Crippen MR) is 86.1 cm³/mol. The molecule has 2 N–H and O–H groups in total. The molecule has 2 aromatic rings. The third-order valence-electron chi connectivity index (χ3n) is 3.52. The Labute approximate surface area is 128 Å². The number of aromatic carboxylic acids is 1. The number of aliphatic hydroxyl groups excluding tert-OH is 1. The highest BCUT2D eigenvalue weighted by molar-refractivity contribution is 7.21. The van der Waals surface area contributed by atoms with Crippen molar-refractivity contribution in [3.8, 4) is 0 Å². The van der Waals surface area contributed by atoms with Crippen LogP contribution in [0.2, 0.25) is 0 Å². The van der Waals surface area contributed by atoms with Gasteiger partial charge in [0.15, 0.2) is 0 Å². The molecule has 21 heavy (non-hydrogen) atoms. The number of carboxylic acid groups (broad SMARTS) is 1. The van der Waals surface area contributed by atoms with Crippen molar-refractivity contribution < 1.29 is 15.0 Å². The van der Waals surface area contributed by atoms with Gasteiger partial charge in [0.25, 0.3) is 0 Å². The number of carbonyl (C=O) groups is 1.